The molecule has 0 unspecified atom stereocenters. The minimum absolute atomic E-state index is 0. The molecule has 1 aliphatic heterocycles. The summed E-state index contributed by atoms with van der Waals surface area (Å²) in [6.45, 7) is 3.21. The third-order valence-corrected chi connectivity index (χ3v) is 3.86. The van der Waals surface area contributed by atoms with Crippen LogP contribution in [0.4, 0.5) is 4.79 Å². The second-order valence-corrected chi connectivity index (χ2v) is 5.42. The summed E-state index contributed by atoms with van der Waals surface area (Å²) in [7, 11) is 0. The van der Waals surface area contributed by atoms with E-state index in [9.17, 15) is 4.79 Å². The van der Waals surface area contributed by atoms with E-state index in [2.05, 4.69) is 15.6 Å². The topological polar surface area (TPSA) is 63.2 Å². The Balaban J connectivity index is 0.00000180. The summed E-state index contributed by atoms with van der Waals surface area (Å²) in [4.78, 5) is 16.3. The molecule has 7 heteroatoms. The van der Waals surface area contributed by atoms with Gasteiger partial charge in [0.2, 0.25) is 0 Å². The van der Waals surface area contributed by atoms with E-state index in [1.807, 2.05) is 0 Å². The van der Waals surface area contributed by atoms with Gasteiger partial charge in [0.1, 0.15) is 6.61 Å². The summed E-state index contributed by atoms with van der Waals surface area (Å²) in [6, 6.07) is 0. The number of rotatable bonds is 5. The highest BCUT2D eigenvalue weighted by Gasteiger charge is 2.13. The number of thiazole rings is 1. The number of carbonyl (C=O) groups excluding carboxylic acids is 1. The quantitative estimate of drug-likeness (QED) is 0.875. The highest BCUT2D eigenvalue weighted by Crippen LogP contribution is 2.14. The number of nitrogens with zero attached hydrogens (tertiary/aromatic N) is 1. The number of alkyl carbamates (subject to hydrolysis) is 1. The van der Waals surface area contributed by atoms with E-state index in [4.69, 9.17) is 4.74 Å². The molecular weight excluding hydrogens is 286 g/mol. The lowest BCUT2D eigenvalue weighted by Crippen LogP contribution is -2.31. The minimum atomic E-state index is -0.336. The molecule has 1 amide bonds. The first-order valence-corrected chi connectivity index (χ1v) is 7.21. The summed E-state index contributed by atoms with van der Waals surface area (Å²) >= 11 is 1.49. The molecule has 0 saturated carbocycles. The average molecular weight is 306 g/mol. The molecule has 0 bridgehead atoms. The van der Waals surface area contributed by atoms with Crippen LogP contribution in [0.1, 0.15) is 24.1 Å². The van der Waals surface area contributed by atoms with Crippen LogP contribution in [0.3, 0.4) is 0 Å². The SMILES string of the molecule is Cl.O=C(NCCC1CCNCC1)OCc1cncs1. The second-order valence-electron chi connectivity index (χ2n) is 4.45. The number of halogens is 1. The number of nitrogens with one attached hydrogen (secondary N) is 2. The van der Waals surface area contributed by atoms with Crippen molar-refractivity contribution in [1.29, 1.82) is 0 Å². The molecule has 1 aliphatic rings. The van der Waals surface area contributed by atoms with Gasteiger partial charge in [-0.1, -0.05) is 0 Å². The lowest BCUT2D eigenvalue weighted by atomic mass is 9.95. The van der Waals surface area contributed by atoms with Gasteiger partial charge in [-0.05, 0) is 38.3 Å². The van der Waals surface area contributed by atoms with Crippen LogP contribution in [-0.2, 0) is 11.3 Å². The van der Waals surface area contributed by atoms with Crippen LogP contribution < -0.4 is 10.6 Å². The summed E-state index contributed by atoms with van der Waals surface area (Å²) in [5.74, 6) is 0.730. The van der Waals surface area contributed by atoms with Gasteiger partial charge < -0.3 is 15.4 Å². The Morgan fingerprint density at radius 3 is 3.00 bits per heavy atom. The lowest BCUT2D eigenvalue weighted by Gasteiger charge is -2.22. The molecule has 1 saturated heterocycles. The molecule has 0 atom stereocenters. The van der Waals surface area contributed by atoms with E-state index in [-0.39, 0.29) is 18.5 Å². The Kier molecular flexibility index (Phi) is 7.78. The number of hydrogen-bond acceptors (Lipinski definition) is 5. The first-order valence-electron chi connectivity index (χ1n) is 6.33. The predicted molar refractivity (Wildman–Crippen MR) is 77.8 cm³/mol. The van der Waals surface area contributed by atoms with Crippen molar-refractivity contribution in [3.8, 4) is 0 Å². The summed E-state index contributed by atoms with van der Waals surface area (Å²) in [5.41, 5.74) is 1.73. The number of hydrogen-bond donors (Lipinski definition) is 2. The van der Waals surface area contributed by atoms with Gasteiger partial charge in [0.15, 0.2) is 0 Å². The molecule has 1 aromatic rings. The number of carbonyl (C=O) groups is 1. The van der Waals surface area contributed by atoms with E-state index in [1.54, 1.807) is 11.7 Å². The normalized spacial score (nSPS) is 15.6. The highest BCUT2D eigenvalue weighted by molar-refractivity contribution is 7.09. The summed E-state index contributed by atoms with van der Waals surface area (Å²) in [6.07, 6.45) is 4.83. The van der Waals surface area contributed by atoms with Gasteiger partial charge in [-0.2, -0.15) is 0 Å². The Labute approximate surface area is 123 Å². The first-order chi connectivity index (χ1) is 8.84. The molecular formula is C12H20ClN3O2S. The van der Waals surface area contributed by atoms with Gasteiger partial charge in [0.25, 0.3) is 0 Å². The fraction of sp³-hybridized carbons (Fsp3) is 0.667. The van der Waals surface area contributed by atoms with Crippen LogP contribution in [0, 0.1) is 5.92 Å². The molecule has 0 radical (unpaired) electrons. The zero-order valence-corrected chi connectivity index (χ0v) is 12.4. The van der Waals surface area contributed by atoms with Crippen LogP contribution in [0.15, 0.2) is 11.7 Å². The zero-order chi connectivity index (χ0) is 12.6. The molecule has 2 rings (SSSR count). The van der Waals surface area contributed by atoms with Crippen molar-refractivity contribution in [2.45, 2.75) is 25.9 Å². The van der Waals surface area contributed by atoms with Crippen molar-refractivity contribution in [2.24, 2.45) is 5.92 Å². The maximum atomic E-state index is 11.4. The molecule has 1 aromatic heterocycles. The number of ether oxygens (including phenoxy) is 1. The van der Waals surface area contributed by atoms with E-state index < -0.39 is 0 Å². The van der Waals surface area contributed by atoms with Crippen molar-refractivity contribution < 1.29 is 9.53 Å². The van der Waals surface area contributed by atoms with Crippen LogP contribution in [0.25, 0.3) is 0 Å². The number of piperidine rings is 1. The molecule has 108 valence electrons. The van der Waals surface area contributed by atoms with Crippen molar-refractivity contribution >= 4 is 29.8 Å². The molecule has 0 spiro atoms. The average Bonchev–Trinajstić information content (AvgIpc) is 2.91. The monoisotopic (exact) mass is 305 g/mol. The molecule has 2 N–H and O–H groups in total. The Morgan fingerprint density at radius 2 is 2.32 bits per heavy atom. The molecule has 19 heavy (non-hydrogen) atoms. The minimum Gasteiger partial charge on any atom is -0.444 e. The molecule has 0 aliphatic carbocycles. The fourth-order valence-electron chi connectivity index (χ4n) is 2.05. The number of amides is 1. The third kappa shape index (κ3) is 6.22. The molecule has 1 fully saturated rings. The lowest BCUT2D eigenvalue weighted by molar-refractivity contribution is 0.140. The molecule has 5 nitrogen and oxygen atoms in total. The van der Waals surface area contributed by atoms with Gasteiger partial charge >= 0.3 is 6.09 Å². The summed E-state index contributed by atoms with van der Waals surface area (Å²) < 4.78 is 5.08. The van der Waals surface area contributed by atoms with Crippen LogP contribution >= 0.6 is 23.7 Å². The van der Waals surface area contributed by atoms with Crippen molar-refractivity contribution in [1.82, 2.24) is 15.6 Å². The van der Waals surface area contributed by atoms with Gasteiger partial charge in [0.05, 0.1) is 10.4 Å². The van der Waals surface area contributed by atoms with Crippen LogP contribution in [-0.4, -0.2) is 30.7 Å². The van der Waals surface area contributed by atoms with Crippen molar-refractivity contribution in [3.05, 3.63) is 16.6 Å². The van der Waals surface area contributed by atoms with E-state index in [0.717, 1.165) is 30.3 Å². The second kappa shape index (κ2) is 9.12. The Hall–Kier alpha value is -0.850. The Morgan fingerprint density at radius 1 is 1.53 bits per heavy atom. The van der Waals surface area contributed by atoms with Gasteiger partial charge in [-0.3, -0.25) is 4.98 Å². The fourth-order valence-corrected chi connectivity index (χ4v) is 2.56. The number of aromatic nitrogens is 1. The Bertz CT molecular complexity index is 356. The zero-order valence-electron chi connectivity index (χ0n) is 10.8. The third-order valence-electron chi connectivity index (χ3n) is 3.11. The maximum Gasteiger partial charge on any atom is 0.407 e. The van der Waals surface area contributed by atoms with Gasteiger partial charge in [-0.15, -0.1) is 23.7 Å². The molecule has 2 heterocycles. The maximum absolute atomic E-state index is 11.4. The van der Waals surface area contributed by atoms with Crippen LogP contribution in [0.5, 0.6) is 0 Å². The van der Waals surface area contributed by atoms with Crippen molar-refractivity contribution in [3.63, 3.8) is 0 Å². The van der Waals surface area contributed by atoms with Crippen molar-refractivity contribution in [2.75, 3.05) is 19.6 Å². The van der Waals surface area contributed by atoms with Gasteiger partial charge in [0, 0.05) is 12.7 Å². The summed E-state index contributed by atoms with van der Waals surface area (Å²) in [5, 5.41) is 6.13. The van der Waals surface area contributed by atoms with E-state index in [0.29, 0.717) is 13.2 Å². The smallest absolute Gasteiger partial charge is 0.407 e. The largest absolute Gasteiger partial charge is 0.444 e. The first kappa shape index (κ1) is 16.2. The molecule has 0 aromatic carbocycles. The van der Waals surface area contributed by atoms with Crippen LogP contribution in [0.2, 0.25) is 0 Å². The standard InChI is InChI=1S/C12H19N3O2S.ClH/c16-12(17-8-11-7-14-9-18-11)15-6-3-10-1-4-13-5-2-10;/h7,9-10,13H,1-6,8H2,(H,15,16);1H. The van der Waals surface area contributed by atoms with E-state index >= 15 is 0 Å². The predicted octanol–water partition coefficient (Wildman–Crippen LogP) is 2.18. The van der Waals surface area contributed by atoms with Gasteiger partial charge in [-0.25, -0.2) is 4.79 Å². The highest BCUT2D eigenvalue weighted by atomic mass is 35.5. The van der Waals surface area contributed by atoms with E-state index in [1.165, 1.54) is 24.2 Å².